The lowest BCUT2D eigenvalue weighted by Gasteiger charge is -2.05. The van der Waals surface area contributed by atoms with Crippen molar-refractivity contribution in [2.75, 3.05) is 5.32 Å². The minimum absolute atomic E-state index is 0.0338. The fraction of sp³-hybridized carbons (Fsp3) is 0.133. The van der Waals surface area contributed by atoms with E-state index in [9.17, 15) is 9.59 Å². The third kappa shape index (κ3) is 2.43. The van der Waals surface area contributed by atoms with Gasteiger partial charge in [-0.05, 0) is 24.1 Å². The Morgan fingerprint density at radius 1 is 1.33 bits per heavy atom. The van der Waals surface area contributed by atoms with E-state index in [0.717, 1.165) is 6.42 Å². The van der Waals surface area contributed by atoms with E-state index in [1.165, 1.54) is 28.6 Å². The maximum absolute atomic E-state index is 12.2. The largest absolute Gasteiger partial charge is 0.432 e. The van der Waals surface area contributed by atoms with Crippen LogP contribution in [-0.2, 0) is 6.42 Å². The lowest BCUT2D eigenvalue weighted by Crippen LogP contribution is -2.25. The highest BCUT2D eigenvalue weighted by atomic mass is 16.3. The Bertz CT molecular complexity index is 846. The van der Waals surface area contributed by atoms with Gasteiger partial charge in [-0.25, -0.2) is 9.38 Å². The predicted molar refractivity (Wildman–Crippen MR) is 77.5 cm³/mol. The average Bonchev–Trinajstić information content (AvgIpc) is 2.98. The summed E-state index contributed by atoms with van der Waals surface area (Å²) >= 11 is 0. The number of hydrogen-bond acceptors (Lipinski definition) is 4. The number of rotatable bonds is 3. The second-order valence-corrected chi connectivity index (χ2v) is 4.54. The third-order valence-corrected chi connectivity index (χ3v) is 3.21. The van der Waals surface area contributed by atoms with E-state index in [1.807, 2.05) is 12.1 Å². The number of benzene rings is 1. The van der Waals surface area contributed by atoms with Crippen LogP contribution in [0.4, 0.5) is 5.69 Å². The molecule has 0 spiro atoms. The summed E-state index contributed by atoms with van der Waals surface area (Å²) in [6, 6.07) is 7.47. The SMILES string of the molecule is CCc1ccc(NC(=O)c2cnc3occn3c2=O)cc1. The summed E-state index contributed by atoms with van der Waals surface area (Å²) in [6.45, 7) is 2.06. The Morgan fingerprint density at radius 3 is 2.81 bits per heavy atom. The molecule has 6 heteroatoms. The molecule has 3 aromatic rings. The van der Waals surface area contributed by atoms with Gasteiger partial charge in [0.2, 0.25) is 0 Å². The fourth-order valence-electron chi connectivity index (χ4n) is 2.00. The predicted octanol–water partition coefficient (Wildman–Crippen LogP) is 2.10. The Morgan fingerprint density at radius 2 is 2.10 bits per heavy atom. The molecule has 0 aliphatic rings. The molecule has 3 rings (SSSR count). The first-order valence-corrected chi connectivity index (χ1v) is 6.54. The van der Waals surface area contributed by atoms with Crippen molar-refractivity contribution in [3.8, 4) is 0 Å². The van der Waals surface area contributed by atoms with Crippen molar-refractivity contribution in [3.05, 3.63) is 64.4 Å². The summed E-state index contributed by atoms with van der Waals surface area (Å²) in [6.07, 6.45) is 4.92. The minimum atomic E-state index is -0.493. The van der Waals surface area contributed by atoms with Gasteiger partial charge in [-0.3, -0.25) is 9.59 Å². The molecule has 0 aliphatic heterocycles. The van der Waals surface area contributed by atoms with Crippen molar-refractivity contribution in [1.82, 2.24) is 9.38 Å². The summed E-state index contributed by atoms with van der Waals surface area (Å²) < 4.78 is 6.19. The summed E-state index contributed by atoms with van der Waals surface area (Å²) in [5.41, 5.74) is 1.31. The number of amides is 1. The van der Waals surface area contributed by atoms with Crippen LogP contribution >= 0.6 is 0 Å². The molecule has 2 aromatic heterocycles. The zero-order valence-electron chi connectivity index (χ0n) is 11.4. The summed E-state index contributed by atoms with van der Waals surface area (Å²) in [7, 11) is 0. The minimum Gasteiger partial charge on any atom is -0.432 e. The van der Waals surface area contributed by atoms with Crippen LogP contribution in [0.5, 0.6) is 0 Å². The molecule has 1 amide bonds. The monoisotopic (exact) mass is 283 g/mol. The number of fused-ring (bicyclic) bond motifs is 1. The van der Waals surface area contributed by atoms with Crippen molar-refractivity contribution >= 4 is 17.4 Å². The van der Waals surface area contributed by atoms with Crippen molar-refractivity contribution in [2.45, 2.75) is 13.3 Å². The highest BCUT2D eigenvalue weighted by Crippen LogP contribution is 2.11. The maximum Gasteiger partial charge on any atom is 0.308 e. The van der Waals surface area contributed by atoms with Crippen LogP contribution in [0.3, 0.4) is 0 Å². The quantitative estimate of drug-likeness (QED) is 0.798. The first kappa shape index (κ1) is 13.1. The molecule has 0 saturated carbocycles. The zero-order valence-corrected chi connectivity index (χ0v) is 11.4. The van der Waals surface area contributed by atoms with Gasteiger partial charge in [0.25, 0.3) is 11.5 Å². The molecule has 0 aliphatic carbocycles. The van der Waals surface area contributed by atoms with Crippen molar-refractivity contribution in [3.63, 3.8) is 0 Å². The molecular formula is C15H13N3O3. The van der Waals surface area contributed by atoms with Gasteiger partial charge in [0.05, 0.1) is 12.4 Å². The van der Waals surface area contributed by atoms with Crippen LogP contribution in [0, 0.1) is 0 Å². The molecular weight excluding hydrogens is 270 g/mol. The number of oxazole rings is 1. The molecule has 0 saturated heterocycles. The second-order valence-electron chi connectivity index (χ2n) is 4.54. The van der Waals surface area contributed by atoms with Gasteiger partial charge in [-0.1, -0.05) is 19.1 Å². The van der Waals surface area contributed by atoms with E-state index in [4.69, 9.17) is 4.42 Å². The number of carbonyl (C=O) groups is 1. The van der Waals surface area contributed by atoms with E-state index in [2.05, 4.69) is 17.2 Å². The number of hydrogen-bond donors (Lipinski definition) is 1. The van der Waals surface area contributed by atoms with Crippen LogP contribution in [0.1, 0.15) is 22.8 Å². The lowest BCUT2D eigenvalue weighted by molar-refractivity contribution is 0.102. The van der Waals surface area contributed by atoms with Crippen LogP contribution in [0.2, 0.25) is 0 Å². The zero-order chi connectivity index (χ0) is 14.8. The molecule has 2 heterocycles. The van der Waals surface area contributed by atoms with E-state index in [0.29, 0.717) is 5.69 Å². The molecule has 0 bridgehead atoms. The second kappa shape index (κ2) is 5.24. The molecule has 1 N–H and O–H groups in total. The maximum atomic E-state index is 12.2. The molecule has 6 nitrogen and oxygen atoms in total. The Kier molecular flexibility index (Phi) is 3.27. The topological polar surface area (TPSA) is 76.6 Å². The number of carbonyl (C=O) groups excluding carboxylic acids is 1. The van der Waals surface area contributed by atoms with Crippen LogP contribution in [0.25, 0.3) is 5.84 Å². The molecule has 0 unspecified atom stereocenters. The van der Waals surface area contributed by atoms with E-state index < -0.39 is 11.5 Å². The van der Waals surface area contributed by atoms with Crippen molar-refractivity contribution < 1.29 is 9.21 Å². The lowest BCUT2D eigenvalue weighted by atomic mass is 10.1. The Hall–Kier alpha value is -2.89. The number of nitrogens with zero attached hydrogens (tertiary/aromatic N) is 2. The number of aromatic nitrogens is 2. The van der Waals surface area contributed by atoms with E-state index >= 15 is 0 Å². The van der Waals surface area contributed by atoms with Crippen molar-refractivity contribution in [1.29, 1.82) is 0 Å². The van der Waals surface area contributed by atoms with E-state index in [1.54, 1.807) is 12.1 Å². The van der Waals surface area contributed by atoms with Gasteiger partial charge in [0.1, 0.15) is 11.8 Å². The van der Waals surface area contributed by atoms with Crippen LogP contribution in [0.15, 0.2) is 52.1 Å². The fourth-order valence-corrected chi connectivity index (χ4v) is 2.00. The van der Waals surface area contributed by atoms with Crippen LogP contribution < -0.4 is 10.9 Å². The highest BCUT2D eigenvalue weighted by Gasteiger charge is 2.14. The summed E-state index contributed by atoms with van der Waals surface area (Å²) in [4.78, 5) is 28.2. The van der Waals surface area contributed by atoms with Gasteiger partial charge in [-0.15, -0.1) is 0 Å². The first-order chi connectivity index (χ1) is 10.2. The Balaban J connectivity index is 1.89. The average molecular weight is 283 g/mol. The molecule has 21 heavy (non-hydrogen) atoms. The van der Waals surface area contributed by atoms with Gasteiger partial charge in [-0.2, -0.15) is 0 Å². The molecule has 0 radical (unpaired) electrons. The summed E-state index contributed by atoms with van der Waals surface area (Å²) in [5.74, 6) is -0.337. The standard InChI is InChI=1S/C15H13N3O3/c1-2-10-3-5-11(6-4-10)17-13(19)12-9-16-15-18(14(12)20)7-8-21-15/h3-9H,2H2,1H3,(H,17,19). The smallest absolute Gasteiger partial charge is 0.308 e. The van der Waals surface area contributed by atoms with Crippen molar-refractivity contribution in [2.24, 2.45) is 0 Å². The van der Waals surface area contributed by atoms with Crippen LogP contribution in [-0.4, -0.2) is 15.3 Å². The van der Waals surface area contributed by atoms with E-state index in [-0.39, 0.29) is 11.4 Å². The molecule has 106 valence electrons. The number of nitrogens with one attached hydrogen (secondary N) is 1. The third-order valence-electron chi connectivity index (χ3n) is 3.21. The first-order valence-electron chi connectivity index (χ1n) is 6.54. The van der Waals surface area contributed by atoms with Gasteiger partial charge < -0.3 is 9.73 Å². The van der Waals surface area contributed by atoms with Gasteiger partial charge in [0.15, 0.2) is 0 Å². The highest BCUT2D eigenvalue weighted by molar-refractivity contribution is 6.03. The number of anilines is 1. The molecule has 0 fully saturated rings. The summed E-state index contributed by atoms with van der Waals surface area (Å²) in [5, 5.41) is 2.68. The Labute approximate surface area is 120 Å². The number of aryl methyl sites for hydroxylation is 1. The van der Waals surface area contributed by atoms with Gasteiger partial charge in [0, 0.05) is 5.69 Å². The molecule has 0 atom stereocenters. The van der Waals surface area contributed by atoms with Gasteiger partial charge >= 0.3 is 5.84 Å². The molecule has 1 aromatic carbocycles. The normalized spacial score (nSPS) is 10.7.